The molecule has 4 nitrogen and oxygen atoms in total. The molecule has 114 valence electrons. The number of benzene rings is 1. The van der Waals surface area contributed by atoms with E-state index in [0.29, 0.717) is 6.04 Å². The summed E-state index contributed by atoms with van der Waals surface area (Å²) in [5, 5.41) is 0. The van der Waals surface area contributed by atoms with Gasteiger partial charge in [-0.05, 0) is 31.9 Å². The maximum absolute atomic E-state index is 12.8. The lowest BCUT2D eigenvalue weighted by atomic mass is 9.96. The number of carbonyl (C=O) groups is 1. The van der Waals surface area contributed by atoms with Crippen LogP contribution in [0.4, 0.5) is 0 Å². The van der Waals surface area contributed by atoms with Gasteiger partial charge in [0.1, 0.15) is 6.04 Å². The number of rotatable bonds is 2. The van der Waals surface area contributed by atoms with E-state index in [1.54, 1.807) is 0 Å². The van der Waals surface area contributed by atoms with Crippen LogP contribution in [0.25, 0.3) is 0 Å². The molecule has 2 saturated heterocycles. The Kier molecular flexibility index (Phi) is 4.27. The van der Waals surface area contributed by atoms with Crippen LogP contribution in [0, 0.1) is 0 Å². The van der Waals surface area contributed by atoms with Gasteiger partial charge in [-0.2, -0.15) is 0 Å². The predicted octanol–water partition coefficient (Wildman–Crippen LogP) is 1.77. The van der Waals surface area contributed by atoms with Crippen molar-refractivity contribution in [1.29, 1.82) is 0 Å². The first-order valence-corrected chi connectivity index (χ1v) is 8.02. The van der Waals surface area contributed by atoms with Crippen molar-refractivity contribution >= 4 is 5.91 Å². The SMILES string of the molecule is CC1CN2CCCCC2CN1C(=O)[C@H](N)c1ccccc1. The fourth-order valence-electron chi connectivity index (χ4n) is 3.64. The molecule has 21 heavy (non-hydrogen) atoms. The largest absolute Gasteiger partial charge is 0.335 e. The van der Waals surface area contributed by atoms with Crippen LogP contribution in [0.3, 0.4) is 0 Å². The Hall–Kier alpha value is -1.39. The first-order valence-electron chi connectivity index (χ1n) is 8.02. The van der Waals surface area contributed by atoms with Crippen LogP contribution in [-0.4, -0.2) is 47.4 Å². The first-order chi connectivity index (χ1) is 10.2. The average molecular weight is 287 g/mol. The Labute approximate surface area is 126 Å². The molecule has 2 fully saturated rings. The number of hydrogen-bond acceptors (Lipinski definition) is 3. The predicted molar refractivity (Wildman–Crippen MR) is 83.8 cm³/mol. The molecule has 1 amide bonds. The fraction of sp³-hybridized carbons (Fsp3) is 0.588. The number of nitrogens with two attached hydrogens (primary N) is 1. The third-order valence-electron chi connectivity index (χ3n) is 4.90. The number of amides is 1. The topological polar surface area (TPSA) is 49.6 Å². The van der Waals surface area contributed by atoms with Crippen molar-refractivity contribution in [2.75, 3.05) is 19.6 Å². The molecule has 4 heteroatoms. The van der Waals surface area contributed by atoms with Gasteiger partial charge in [-0.1, -0.05) is 36.8 Å². The van der Waals surface area contributed by atoms with Gasteiger partial charge in [-0.15, -0.1) is 0 Å². The van der Waals surface area contributed by atoms with Crippen molar-refractivity contribution in [3.63, 3.8) is 0 Å². The number of fused-ring (bicyclic) bond motifs is 1. The lowest BCUT2D eigenvalue weighted by Gasteiger charge is -2.48. The van der Waals surface area contributed by atoms with Gasteiger partial charge in [-0.3, -0.25) is 9.69 Å². The minimum Gasteiger partial charge on any atom is -0.335 e. The van der Waals surface area contributed by atoms with E-state index in [1.165, 1.54) is 25.8 Å². The molecule has 1 aromatic rings. The van der Waals surface area contributed by atoms with Crippen molar-refractivity contribution in [1.82, 2.24) is 9.80 Å². The molecular weight excluding hydrogens is 262 g/mol. The number of carbonyl (C=O) groups excluding carboxylic acids is 1. The summed E-state index contributed by atoms with van der Waals surface area (Å²) >= 11 is 0. The highest BCUT2D eigenvalue weighted by Crippen LogP contribution is 2.26. The van der Waals surface area contributed by atoms with Crippen LogP contribution < -0.4 is 5.73 Å². The Morgan fingerprint density at radius 3 is 2.76 bits per heavy atom. The summed E-state index contributed by atoms with van der Waals surface area (Å²) in [6.45, 7) is 5.14. The van der Waals surface area contributed by atoms with Gasteiger partial charge in [-0.25, -0.2) is 0 Å². The van der Waals surface area contributed by atoms with Gasteiger partial charge >= 0.3 is 0 Å². The summed E-state index contributed by atoms with van der Waals surface area (Å²) in [4.78, 5) is 17.3. The second-order valence-corrected chi connectivity index (χ2v) is 6.37. The highest BCUT2D eigenvalue weighted by atomic mass is 16.2. The zero-order chi connectivity index (χ0) is 14.8. The van der Waals surface area contributed by atoms with Crippen molar-refractivity contribution < 1.29 is 4.79 Å². The molecule has 2 aliphatic rings. The molecule has 0 aliphatic carbocycles. The molecule has 1 aromatic carbocycles. The van der Waals surface area contributed by atoms with Crippen LogP contribution >= 0.6 is 0 Å². The van der Waals surface area contributed by atoms with E-state index in [4.69, 9.17) is 5.73 Å². The van der Waals surface area contributed by atoms with Crippen LogP contribution in [-0.2, 0) is 4.79 Å². The summed E-state index contributed by atoms with van der Waals surface area (Å²) in [7, 11) is 0. The van der Waals surface area contributed by atoms with Gasteiger partial charge in [0.15, 0.2) is 0 Å². The zero-order valence-electron chi connectivity index (χ0n) is 12.7. The maximum atomic E-state index is 12.8. The average Bonchev–Trinajstić information content (AvgIpc) is 2.53. The summed E-state index contributed by atoms with van der Waals surface area (Å²) in [5.74, 6) is 0.0684. The number of nitrogens with zero attached hydrogens (tertiary/aromatic N) is 2. The minimum absolute atomic E-state index is 0.0684. The molecule has 2 unspecified atom stereocenters. The molecule has 0 spiro atoms. The summed E-state index contributed by atoms with van der Waals surface area (Å²) in [5.41, 5.74) is 7.10. The quantitative estimate of drug-likeness (QED) is 0.902. The van der Waals surface area contributed by atoms with E-state index < -0.39 is 6.04 Å². The zero-order valence-corrected chi connectivity index (χ0v) is 12.7. The summed E-state index contributed by atoms with van der Waals surface area (Å²) < 4.78 is 0. The van der Waals surface area contributed by atoms with E-state index in [9.17, 15) is 4.79 Å². The van der Waals surface area contributed by atoms with E-state index >= 15 is 0 Å². The van der Waals surface area contributed by atoms with Crippen molar-refractivity contribution in [3.05, 3.63) is 35.9 Å². The standard InChI is InChI=1S/C17H25N3O/c1-13-11-19-10-6-5-9-15(19)12-20(13)17(21)16(18)14-7-3-2-4-8-14/h2-4,7-8,13,15-16H,5-6,9-12,18H2,1H3/t13?,15?,16-/m1/s1. The van der Waals surface area contributed by atoms with E-state index in [-0.39, 0.29) is 11.9 Å². The lowest BCUT2D eigenvalue weighted by Crippen LogP contribution is -2.61. The van der Waals surface area contributed by atoms with Crippen molar-refractivity contribution in [3.8, 4) is 0 Å². The molecule has 2 aliphatic heterocycles. The smallest absolute Gasteiger partial charge is 0.244 e. The monoisotopic (exact) mass is 287 g/mol. The Morgan fingerprint density at radius 2 is 2.00 bits per heavy atom. The van der Waals surface area contributed by atoms with Gasteiger partial charge in [0.05, 0.1) is 0 Å². The van der Waals surface area contributed by atoms with Gasteiger partial charge in [0.25, 0.3) is 0 Å². The summed E-state index contributed by atoms with van der Waals surface area (Å²) in [6, 6.07) is 9.93. The highest BCUT2D eigenvalue weighted by molar-refractivity contribution is 5.83. The Morgan fingerprint density at radius 1 is 1.24 bits per heavy atom. The molecule has 2 N–H and O–H groups in total. The van der Waals surface area contributed by atoms with Gasteiger partial charge in [0.2, 0.25) is 5.91 Å². The van der Waals surface area contributed by atoms with Crippen LogP contribution in [0.15, 0.2) is 30.3 Å². The molecule has 0 aromatic heterocycles. The van der Waals surface area contributed by atoms with Crippen LogP contribution in [0.2, 0.25) is 0 Å². The van der Waals surface area contributed by atoms with Crippen molar-refractivity contribution in [2.45, 2.75) is 44.3 Å². The maximum Gasteiger partial charge on any atom is 0.244 e. The Balaban J connectivity index is 1.72. The van der Waals surface area contributed by atoms with Crippen LogP contribution in [0.1, 0.15) is 37.8 Å². The number of piperidine rings is 1. The lowest BCUT2D eigenvalue weighted by molar-refractivity contribution is -0.139. The van der Waals surface area contributed by atoms with E-state index in [0.717, 1.165) is 18.7 Å². The second-order valence-electron chi connectivity index (χ2n) is 6.37. The fourth-order valence-corrected chi connectivity index (χ4v) is 3.64. The Bertz CT molecular complexity index is 490. The molecule has 3 atom stereocenters. The molecule has 0 bridgehead atoms. The highest BCUT2D eigenvalue weighted by Gasteiger charge is 2.36. The van der Waals surface area contributed by atoms with Crippen LogP contribution in [0.5, 0.6) is 0 Å². The molecule has 0 saturated carbocycles. The minimum atomic E-state index is -0.538. The van der Waals surface area contributed by atoms with Crippen molar-refractivity contribution in [2.24, 2.45) is 5.73 Å². The molecule has 3 rings (SSSR count). The number of hydrogen-bond donors (Lipinski definition) is 1. The number of piperazine rings is 1. The second kappa shape index (κ2) is 6.16. The third-order valence-corrected chi connectivity index (χ3v) is 4.90. The van der Waals surface area contributed by atoms with Gasteiger partial charge < -0.3 is 10.6 Å². The third kappa shape index (κ3) is 2.97. The first kappa shape index (κ1) is 14.5. The van der Waals surface area contributed by atoms with E-state index in [2.05, 4.69) is 11.8 Å². The summed E-state index contributed by atoms with van der Waals surface area (Å²) in [6.07, 6.45) is 3.78. The molecule has 2 heterocycles. The molecule has 0 radical (unpaired) electrons. The van der Waals surface area contributed by atoms with E-state index in [1.807, 2.05) is 35.2 Å². The van der Waals surface area contributed by atoms with Gasteiger partial charge in [0, 0.05) is 25.2 Å². The molecular formula is C17H25N3O. The normalized spacial score (nSPS) is 28.0.